The van der Waals surface area contributed by atoms with Gasteiger partial charge in [-0.3, -0.25) is 14.4 Å². The van der Waals surface area contributed by atoms with Gasteiger partial charge in [-0.2, -0.15) is 11.8 Å². The first-order chi connectivity index (χ1) is 18.0. The Morgan fingerprint density at radius 2 is 1.68 bits per heavy atom. The summed E-state index contributed by atoms with van der Waals surface area (Å²) in [4.78, 5) is 47.6. The predicted molar refractivity (Wildman–Crippen MR) is 141 cm³/mol. The van der Waals surface area contributed by atoms with E-state index in [4.69, 9.17) is 10.2 Å². The summed E-state index contributed by atoms with van der Waals surface area (Å²) in [5.74, 6) is -4.76. The van der Waals surface area contributed by atoms with Gasteiger partial charge in [0, 0.05) is 6.54 Å². The minimum Gasteiger partial charge on any atom is -0.507 e. The number of rotatable bonds is 16. The van der Waals surface area contributed by atoms with Crippen LogP contribution in [0, 0.1) is 0 Å². The van der Waals surface area contributed by atoms with Gasteiger partial charge in [-0.1, -0.05) is 36.8 Å². The number of amides is 1. The molecule has 2 rings (SSSR count). The third kappa shape index (κ3) is 9.15. The van der Waals surface area contributed by atoms with E-state index in [1.54, 1.807) is 36.6 Å². The number of phenols is 1. The first-order valence-corrected chi connectivity index (χ1v) is 14.5. The van der Waals surface area contributed by atoms with Crippen LogP contribution in [-0.4, -0.2) is 72.0 Å². The maximum atomic E-state index is 13.1. The lowest BCUT2D eigenvalue weighted by atomic mass is 9.92. The fraction of sp³-hybridized carbons (Fsp3) is 0.360. The molecule has 0 aliphatic heterocycles. The highest BCUT2D eigenvalue weighted by molar-refractivity contribution is 7.99. The number of aromatic hydroxyl groups is 1. The van der Waals surface area contributed by atoms with E-state index >= 15 is 0 Å². The molecule has 0 fully saturated rings. The Labute approximate surface area is 224 Å². The van der Waals surface area contributed by atoms with Crippen molar-refractivity contribution in [3.8, 4) is 5.75 Å². The molecule has 0 saturated heterocycles. The number of carbonyl (C=O) groups is 4. The van der Waals surface area contributed by atoms with E-state index in [2.05, 4.69) is 10.0 Å². The maximum Gasteiger partial charge on any atom is 0.339 e. The Kier molecular flexibility index (Phi) is 11.8. The van der Waals surface area contributed by atoms with Crippen LogP contribution >= 0.6 is 11.8 Å². The molecule has 0 aliphatic carbocycles. The summed E-state index contributed by atoms with van der Waals surface area (Å²) in [6, 6.07) is 10.5. The third-order valence-electron chi connectivity index (χ3n) is 5.61. The van der Waals surface area contributed by atoms with E-state index in [1.807, 2.05) is 0 Å². The van der Waals surface area contributed by atoms with Crippen LogP contribution in [0.1, 0.15) is 47.5 Å². The summed E-state index contributed by atoms with van der Waals surface area (Å²) in [7, 11) is -4.04. The summed E-state index contributed by atoms with van der Waals surface area (Å²) in [5, 5.41) is 30.4. The van der Waals surface area contributed by atoms with Crippen LogP contribution in [0.3, 0.4) is 0 Å². The average molecular weight is 567 g/mol. The van der Waals surface area contributed by atoms with Crippen molar-refractivity contribution in [1.82, 2.24) is 10.0 Å². The number of thioether (sulfide) groups is 1. The molecule has 0 saturated carbocycles. The van der Waals surface area contributed by atoms with Crippen molar-refractivity contribution in [3.05, 3.63) is 59.7 Å². The van der Waals surface area contributed by atoms with Crippen molar-refractivity contribution in [2.24, 2.45) is 0 Å². The predicted octanol–water partition coefficient (Wildman–Crippen LogP) is 2.21. The molecular weight excluding hydrogens is 536 g/mol. The van der Waals surface area contributed by atoms with E-state index in [1.165, 1.54) is 11.8 Å². The Bertz CT molecular complexity index is 1250. The number of ketones is 1. The number of nitrogens with one attached hydrogen (secondary N) is 2. The third-order valence-corrected chi connectivity index (χ3v) is 7.64. The summed E-state index contributed by atoms with van der Waals surface area (Å²) < 4.78 is 27.5. The number of benzene rings is 2. The number of carboxylic acids is 2. The number of carboxylic acid groups (broad SMARTS) is 2. The minimum atomic E-state index is -4.04. The summed E-state index contributed by atoms with van der Waals surface area (Å²) >= 11 is 1.23. The van der Waals surface area contributed by atoms with Gasteiger partial charge >= 0.3 is 11.9 Å². The van der Waals surface area contributed by atoms with Gasteiger partial charge in [0.1, 0.15) is 11.3 Å². The fourth-order valence-corrected chi connectivity index (χ4v) is 5.27. The first-order valence-electron chi connectivity index (χ1n) is 11.6. The SMILES string of the molecule is CSCC(=O)[C@H](CC(=O)O)NC(=O)C(CCCCNS(=O)(=O)c1ccc(O)c(C(=O)O)c1)c1ccccc1. The van der Waals surface area contributed by atoms with Crippen molar-refractivity contribution in [1.29, 1.82) is 0 Å². The average Bonchev–Trinajstić information content (AvgIpc) is 2.86. The molecule has 1 amide bonds. The van der Waals surface area contributed by atoms with Gasteiger partial charge in [0.2, 0.25) is 15.9 Å². The lowest BCUT2D eigenvalue weighted by molar-refractivity contribution is -0.140. The van der Waals surface area contributed by atoms with Gasteiger partial charge < -0.3 is 20.6 Å². The number of sulfonamides is 1. The van der Waals surface area contributed by atoms with Crippen LogP contribution in [0.2, 0.25) is 0 Å². The number of Topliss-reactive ketones (excluding diaryl/α,β-unsaturated/α-hetero) is 1. The molecule has 0 radical (unpaired) electrons. The molecule has 0 aromatic heterocycles. The van der Waals surface area contributed by atoms with E-state index in [0.717, 1.165) is 18.2 Å². The Balaban J connectivity index is 2.04. The molecule has 5 N–H and O–H groups in total. The lowest BCUT2D eigenvalue weighted by Crippen LogP contribution is -2.45. The van der Waals surface area contributed by atoms with Crippen LogP contribution < -0.4 is 10.0 Å². The maximum absolute atomic E-state index is 13.1. The van der Waals surface area contributed by atoms with Crippen LogP contribution in [-0.2, 0) is 24.4 Å². The van der Waals surface area contributed by atoms with E-state index in [-0.39, 0.29) is 17.2 Å². The Hall–Kier alpha value is -3.42. The van der Waals surface area contributed by atoms with Gasteiger partial charge in [-0.15, -0.1) is 0 Å². The van der Waals surface area contributed by atoms with Gasteiger partial charge in [-0.05, 0) is 42.9 Å². The highest BCUT2D eigenvalue weighted by atomic mass is 32.2. The number of aliphatic carboxylic acids is 1. The first kappa shape index (κ1) is 30.8. The molecule has 38 heavy (non-hydrogen) atoms. The molecule has 0 aliphatic rings. The second kappa shape index (κ2) is 14.5. The fourth-order valence-electron chi connectivity index (χ4n) is 3.69. The highest BCUT2D eigenvalue weighted by Crippen LogP contribution is 2.24. The van der Waals surface area contributed by atoms with Gasteiger partial charge in [-0.25, -0.2) is 17.9 Å². The van der Waals surface area contributed by atoms with Crippen molar-refractivity contribution < 1.29 is 42.9 Å². The molecule has 2 atom stereocenters. The largest absolute Gasteiger partial charge is 0.507 e. The normalized spacial score (nSPS) is 12.9. The van der Waals surface area contributed by atoms with E-state index in [9.17, 15) is 32.7 Å². The molecular formula is C25H30N2O9S2. The van der Waals surface area contributed by atoms with E-state index < -0.39 is 63.3 Å². The quantitative estimate of drug-likeness (QED) is 0.189. The van der Waals surface area contributed by atoms with Crippen molar-refractivity contribution >= 4 is 45.4 Å². The Morgan fingerprint density at radius 1 is 1.00 bits per heavy atom. The monoisotopic (exact) mass is 566 g/mol. The minimum absolute atomic E-state index is 0.00257. The second-order valence-electron chi connectivity index (χ2n) is 8.40. The molecule has 1 unspecified atom stereocenters. The zero-order valence-corrected chi connectivity index (χ0v) is 22.3. The van der Waals surface area contributed by atoms with Gasteiger partial charge in [0.25, 0.3) is 0 Å². The van der Waals surface area contributed by atoms with Crippen LogP contribution in [0.5, 0.6) is 5.75 Å². The molecule has 2 aromatic rings. The number of aromatic carboxylic acids is 1. The zero-order valence-electron chi connectivity index (χ0n) is 20.6. The van der Waals surface area contributed by atoms with Crippen LogP contribution in [0.15, 0.2) is 53.4 Å². The van der Waals surface area contributed by atoms with Crippen LogP contribution in [0.25, 0.3) is 0 Å². The molecule has 0 spiro atoms. The van der Waals surface area contributed by atoms with Crippen molar-refractivity contribution in [2.45, 2.75) is 42.5 Å². The molecule has 11 nitrogen and oxygen atoms in total. The number of hydrogen-bond acceptors (Lipinski definition) is 8. The summed E-state index contributed by atoms with van der Waals surface area (Å²) in [6.45, 7) is 0.00257. The van der Waals surface area contributed by atoms with Crippen molar-refractivity contribution in [2.75, 3.05) is 18.6 Å². The highest BCUT2D eigenvalue weighted by Gasteiger charge is 2.28. The van der Waals surface area contributed by atoms with Gasteiger partial charge in [0.15, 0.2) is 5.78 Å². The molecule has 2 aromatic carbocycles. The summed E-state index contributed by atoms with van der Waals surface area (Å²) in [6.07, 6.45) is 2.22. The lowest BCUT2D eigenvalue weighted by Gasteiger charge is -2.21. The van der Waals surface area contributed by atoms with Crippen LogP contribution in [0.4, 0.5) is 0 Å². The smallest absolute Gasteiger partial charge is 0.339 e. The number of unbranched alkanes of at least 4 members (excludes halogenated alkanes) is 1. The molecule has 0 bridgehead atoms. The standard InChI is InChI=1S/C25H30N2O9S2/c1-37-15-22(29)20(14-23(30)31)27-24(32)18(16-7-3-2-4-8-16)9-5-6-12-26-38(35,36)17-10-11-21(28)19(13-17)25(33)34/h2-4,7-8,10-11,13,18,20,26,28H,5-6,9,12,14-15H2,1H3,(H,27,32)(H,30,31)(H,33,34)/t18?,20-/m0/s1. The van der Waals surface area contributed by atoms with Crippen molar-refractivity contribution in [3.63, 3.8) is 0 Å². The Morgan fingerprint density at radius 3 is 2.29 bits per heavy atom. The molecule has 13 heteroatoms. The second-order valence-corrected chi connectivity index (χ2v) is 11.0. The zero-order chi connectivity index (χ0) is 28.3. The van der Waals surface area contributed by atoms with Gasteiger partial charge in [0.05, 0.1) is 29.0 Å². The number of hydrogen-bond donors (Lipinski definition) is 5. The molecule has 0 heterocycles. The van der Waals surface area contributed by atoms with E-state index in [0.29, 0.717) is 24.8 Å². The molecule has 206 valence electrons. The summed E-state index contributed by atoms with van der Waals surface area (Å²) in [5.41, 5.74) is 0.129. The topological polar surface area (TPSA) is 187 Å². The number of carbonyl (C=O) groups excluding carboxylic acids is 2.